The minimum absolute atomic E-state index is 0.139. The summed E-state index contributed by atoms with van der Waals surface area (Å²) in [6.45, 7) is 6.86. The van der Waals surface area contributed by atoms with E-state index in [4.69, 9.17) is 15.2 Å². The van der Waals surface area contributed by atoms with Crippen LogP contribution < -0.4 is 16.4 Å². The molecular formula is C19H27N3O3. The molecule has 1 amide bonds. The lowest BCUT2D eigenvalue weighted by molar-refractivity contribution is -0.157. The summed E-state index contributed by atoms with van der Waals surface area (Å²) in [6.07, 6.45) is 4.73. The van der Waals surface area contributed by atoms with E-state index in [-0.39, 0.29) is 12.2 Å². The van der Waals surface area contributed by atoms with Gasteiger partial charge < -0.3 is 25.8 Å². The lowest BCUT2D eigenvalue weighted by Gasteiger charge is -2.22. The van der Waals surface area contributed by atoms with Gasteiger partial charge >= 0.3 is 0 Å². The maximum Gasteiger partial charge on any atom is 0.246 e. The van der Waals surface area contributed by atoms with Crippen LogP contribution >= 0.6 is 0 Å². The number of carbonyl (C=O) groups excluding carboxylic acids is 1. The van der Waals surface area contributed by atoms with Crippen molar-refractivity contribution in [3.8, 4) is 0 Å². The van der Waals surface area contributed by atoms with Crippen molar-refractivity contribution < 1.29 is 14.3 Å². The quantitative estimate of drug-likeness (QED) is 0.631. The SMILES string of the molecule is C=C(C)C(=O)NCc1ccc(N/C=C(\N)COC2CCCCO2)cc1. The maximum absolute atomic E-state index is 11.5. The van der Waals surface area contributed by atoms with Crippen LogP contribution in [0.15, 0.2) is 48.3 Å². The van der Waals surface area contributed by atoms with Gasteiger partial charge in [0.15, 0.2) is 6.29 Å². The molecule has 1 fully saturated rings. The van der Waals surface area contributed by atoms with Gasteiger partial charge in [-0.3, -0.25) is 4.79 Å². The molecule has 1 aromatic rings. The number of rotatable bonds is 8. The summed E-state index contributed by atoms with van der Waals surface area (Å²) in [6, 6.07) is 7.74. The fourth-order valence-corrected chi connectivity index (χ4v) is 2.30. The molecule has 1 heterocycles. The molecule has 1 unspecified atom stereocenters. The zero-order valence-electron chi connectivity index (χ0n) is 14.7. The molecule has 6 heteroatoms. The van der Waals surface area contributed by atoms with E-state index < -0.39 is 0 Å². The molecule has 1 aliphatic rings. The summed E-state index contributed by atoms with van der Waals surface area (Å²) in [5.74, 6) is -0.139. The number of ether oxygens (including phenoxy) is 2. The standard InChI is InChI=1S/C19H27N3O3/c1-14(2)19(23)22-11-15-6-8-17(9-7-15)21-12-16(20)13-25-18-5-3-4-10-24-18/h6-9,12,18,21H,1,3-5,10-11,13,20H2,2H3,(H,22,23)/b16-12-. The Morgan fingerprint density at radius 3 is 2.80 bits per heavy atom. The average Bonchev–Trinajstić information content (AvgIpc) is 2.64. The number of hydrogen-bond acceptors (Lipinski definition) is 5. The number of anilines is 1. The van der Waals surface area contributed by atoms with Gasteiger partial charge in [0.05, 0.1) is 12.3 Å². The zero-order valence-corrected chi connectivity index (χ0v) is 14.7. The molecule has 2 rings (SSSR count). The van der Waals surface area contributed by atoms with Gasteiger partial charge in [0.1, 0.15) is 0 Å². The second-order valence-electron chi connectivity index (χ2n) is 6.13. The Labute approximate surface area is 149 Å². The molecule has 25 heavy (non-hydrogen) atoms. The van der Waals surface area contributed by atoms with Gasteiger partial charge in [-0.2, -0.15) is 0 Å². The Balaban J connectivity index is 1.74. The zero-order chi connectivity index (χ0) is 18.1. The first-order chi connectivity index (χ1) is 12.0. The Morgan fingerprint density at radius 2 is 2.16 bits per heavy atom. The minimum Gasteiger partial charge on any atom is -0.399 e. The highest BCUT2D eigenvalue weighted by molar-refractivity contribution is 5.92. The van der Waals surface area contributed by atoms with E-state index in [2.05, 4.69) is 17.2 Å². The second kappa shape index (κ2) is 9.86. The number of amides is 1. The Bertz CT molecular complexity index is 605. The third kappa shape index (κ3) is 6.99. The molecule has 1 saturated heterocycles. The fraction of sp³-hybridized carbons (Fsp3) is 0.421. The van der Waals surface area contributed by atoms with Crippen LogP contribution in [0.3, 0.4) is 0 Å². The van der Waals surface area contributed by atoms with Crippen LogP contribution in [0.5, 0.6) is 0 Å². The average molecular weight is 345 g/mol. The topological polar surface area (TPSA) is 85.6 Å². The van der Waals surface area contributed by atoms with E-state index in [1.807, 2.05) is 24.3 Å². The third-order valence-corrected chi connectivity index (χ3v) is 3.79. The van der Waals surface area contributed by atoms with Gasteiger partial charge in [-0.25, -0.2) is 0 Å². The van der Waals surface area contributed by atoms with Crippen molar-refractivity contribution in [2.75, 3.05) is 18.5 Å². The molecule has 1 aliphatic heterocycles. The number of benzene rings is 1. The van der Waals surface area contributed by atoms with E-state index >= 15 is 0 Å². The minimum atomic E-state index is -0.144. The van der Waals surface area contributed by atoms with E-state index in [1.54, 1.807) is 13.1 Å². The van der Waals surface area contributed by atoms with Crippen molar-refractivity contribution in [3.05, 3.63) is 53.9 Å². The lowest BCUT2D eigenvalue weighted by Crippen LogP contribution is -2.24. The smallest absolute Gasteiger partial charge is 0.246 e. The molecule has 0 saturated carbocycles. The summed E-state index contributed by atoms with van der Waals surface area (Å²) in [5.41, 5.74) is 8.96. The largest absolute Gasteiger partial charge is 0.399 e. The van der Waals surface area contributed by atoms with Crippen LogP contribution in [0.1, 0.15) is 31.7 Å². The molecule has 1 aromatic carbocycles. The van der Waals surface area contributed by atoms with Crippen molar-refractivity contribution in [1.82, 2.24) is 5.32 Å². The highest BCUT2D eigenvalue weighted by atomic mass is 16.7. The van der Waals surface area contributed by atoms with Crippen LogP contribution in [0.2, 0.25) is 0 Å². The van der Waals surface area contributed by atoms with Crippen LogP contribution in [0.25, 0.3) is 0 Å². The van der Waals surface area contributed by atoms with Crippen LogP contribution in [0, 0.1) is 0 Å². The predicted octanol–water partition coefficient (Wildman–Crippen LogP) is 2.63. The summed E-state index contributed by atoms with van der Waals surface area (Å²) in [7, 11) is 0. The fourth-order valence-electron chi connectivity index (χ4n) is 2.30. The molecule has 0 aromatic heterocycles. The highest BCUT2D eigenvalue weighted by Gasteiger charge is 2.13. The number of hydrogen-bond donors (Lipinski definition) is 3. The van der Waals surface area contributed by atoms with Gasteiger partial charge in [0.2, 0.25) is 5.91 Å². The molecule has 0 spiro atoms. The Kier molecular flexibility index (Phi) is 7.50. The molecule has 0 radical (unpaired) electrons. The van der Waals surface area contributed by atoms with Gasteiger partial charge in [-0.15, -0.1) is 0 Å². The number of carbonyl (C=O) groups is 1. The number of nitrogens with two attached hydrogens (primary N) is 1. The van der Waals surface area contributed by atoms with Crippen molar-refractivity contribution >= 4 is 11.6 Å². The monoisotopic (exact) mass is 345 g/mol. The van der Waals surface area contributed by atoms with E-state index in [9.17, 15) is 4.79 Å². The lowest BCUT2D eigenvalue weighted by atomic mass is 10.2. The first-order valence-corrected chi connectivity index (χ1v) is 8.51. The van der Waals surface area contributed by atoms with Gasteiger partial charge in [-0.1, -0.05) is 18.7 Å². The number of nitrogens with one attached hydrogen (secondary N) is 2. The van der Waals surface area contributed by atoms with Crippen molar-refractivity contribution in [2.45, 2.75) is 39.0 Å². The summed E-state index contributed by atoms with van der Waals surface area (Å²) < 4.78 is 11.1. The van der Waals surface area contributed by atoms with Crippen LogP contribution in [-0.2, 0) is 20.8 Å². The first kappa shape index (κ1) is 19.0. The van der Waals surface area contributed by atoms with Crippen molar-refractivity contribution in [3.63, 3.8) is 0 Å². The van der Waals surface area contributed by atoms with Crippen molar-refractivity contribution in [2.24, 2.45) is 5.73 Å². The van der Waals surface area contributed by atoms with E-state index in [0.29, 0.717) is 24.4 Å². The summed E-state index contributed by atoms with van der Waals surface area (Å²) in [5, 5.41) is 5.93. The van der Waals surface area contributed by atoms with E-state index in [0.717, 1.165) is 37.1 Å². The molecule has 1 atom stereocenters. The highest BCUT2D eigenvalue weighted by Crippen LogP contribution is 2.14. The summed E-state index contributed by atoms with van der Waals surface area (Å²) in [4.78, 5) is 11.5. The van der Waals surface area contributed by atoms with Gasteiger partial charge in [0, 0.05) is 30.6 Å². The summed E-state index contributed by atoms with van der Waals surface area (Å²) >= 11 is 0. The van der Waals surface area contributed by atoms with Gasteiger partial charge in [0.25, 0.3) is 0 Å². The van der Waals surface area contributed by atoms with E-state index in [1.165, 1.54) is 0 Å². The first-order valence-electron chi connectivity index (χ1n) is 8.51. The molecule has 4 N–H and O–H groups in total. The molecular weight excluding hydrogens is 318 g/mol. The maximum atomic E-state index is 11.5. The van der Waals surface area contributed by atoms with Crippen LogP contribution in [0.4, 0.5) is 5.69 Å². The normalized spacial score (nSPS) is 17.8. The van der Waals surface area contributed by atoms with Crippen molar-refractivity contribution in [1.29, 1.82) is 0 Å². The Hall–Kier alpha value is -2.31. The molecule has 6 nitrogen and oxygen atoms in total. The second-order valence-corrected chi connectivity index (χ2v) is 6.13. The molecule has 0 bridgehead atoms. The third-order valence-electron chi connectivity index (χ3n) is 3.79. The predicted molar refractivity (Wildman–Crippen MR) is 98.5 cm³/mol. The molecule has 136 valence electrons. The van der Waals surface area contributed by atoms with Gasteiger partial charge in [-0.05, 0) is 43.9 Å². The Morgan fingerprint density at radius 1 is 1.40 bits per heavy atom. The molecule has 0 aliphatic carbocycles. The van der Waals surface area contributed by atoms with Crippen LogP contribution in [-0.4, -0.2) is 25.4 Å².